The molecule has 0 aromatic carbocycles. The predicted molar refractivity (Wildman–Crippen MR) is 50.1 cm³/mol. The first-order valence-electron chi connectivity index (χ1n) is 4.71. The molecule has 0 radical (unpaired) electrons. The lowest BCUT2D eigenvalue weighted by atomic mass is 10.1. The number of aliphatic hydroxyl groups is 1. The summed E-state index contributed by atoms with van der Waals surface area (Å²) in [6.45, 7) is 2.50. The molecule has 13 heavy (non-hydrogen) atoms. The maximum atomic E-state index is 9.51. The first kappa shape index (κ1) is 10.5. The van der Waals surface area contributed by atoms with Gasteiger partial charge in [-0.3, -0.25) is 0 Å². The Bertz CT molecular complexity index is 190. The van der Waals surface area contributed by atoms with Crippen LogP contribution in [0.5, 0.6) is 0 Å². The van der Waals surface area contributed by atoms with E-state index in [2.05, 4.69) is 16.3 Å². The Morgan fingerprint density at radius 3 is 3.00 bits per heavy atom. The molecule has 2 N–H and O–H groups in total. The van der Waals surface area contributed by atoms with E-state index in [1.165, 1.54) is 0 Å². The second kappa shape index (κ2) is 5.18. The highest BCUT2D eigenvalue weighted by Gasteiger charge is 2.25. The number of nitriles is 1. The van der Waals surface area contributed by atoms with Crippen molar-refractivity contribution in [3.63, 3.8) is 0 Å². The van der Waals surface area contributed by atoms with Crippen molar-refractivity contribution in [1.82, 2.24) is 10.2 Å². The summed E-state index contributed by atoms with van der Waals surface area (Å²) in [7, 11) is 1.98. The summed E-state index contributed by atoms with van der Waals surface area (Å²) in [5.41, 5.74) is 0. The average Bonchev–Trinajstić information content (AvgIpc) is 2.48. The van der Waals surface area contributed by atoms with Crippen LogP contribution in [-0.4, -0.2) is 48.8 Å². The van der Waals surface area contributed by atoms with Gasteiger partial charge < -0.3 is 15.3 Å². The number of hydrogen-bond donors (Lipinski definition) is 2. The highest BCUT2D eigenvalue weighted by Crippen LogP contribution is 2.07. The molecule has 2 atom stereocenters. The number of hydrogen-bond acceptors (Lipinski definition) is 4. The summed E-state index contributed by atoms with van der Waals surface area (Å²) in [6, 6.07) is 2.29. The molecule has 1 fully saturated rings. The predicted octanol–water partition coefficient (Wildman–Crippen LogP) is -0.445. The smallest absolute Gasteiger partial charge is 0.0717 e. The van der Waals surface area contributed by atoms with Crippen molar-refractivity contribution in [1.29, 1.82) is 5.26 Å². The Balaban J connectivity index is 2.19. The van der Waals surface area contributed by atoms with Crippen molar-refractivity contribution in [2.24, 2.45) is 0 Å². The number of nitrogens with zero attached hydrogens (tertiary/aromatic N) is 2. The molecule has 1 rings (SSSR count). The summed E-state index contributed by atoms with van der Waals surface area (Å²) in [5, 5.41) is 21.1. The van der Waals surface area contributed by atoms with Crippen LogP contribution in [0.25, 0.3) is 0 Å². The van der Waals surface area contributed by atoms with Gasteiger partial charge in [-0.05, 0) is 20.0 Å². The molecule has 1 saturated heterocycles. The zero-order valence-electron chi connectivity index (χ0n) is 8.03. The van der Waals surface area contributed by atoms with Crippen LogP contribution >= 0.6 is 0 Å². The van der Waals surface area contributed by atoms with Crippen molar-refractivity contribution < 1.29 is 5.11 Å². The van der Waals surface area contributed by atoms with E-state index in [0.717, 1.165) is 26.1 Å². The largest absolute Gasteiger partial charge is 0.391 e. The quantitative estimate of drug-likeness (QED) is 0.620. The number of aliphatic hydroxyl groups excluding tert-OH is 1. The van der Waals surface area contributed by atoms with E-state index in [1.807, 2.05) is 7.05 Å². The SMILES string of the molecule is CN(CCC#N)CC1NCCC1O. The van der Waals surface area contributed by atoms with Crippen molar-refractivity contribution in [2.45, 2.75) is 25.0 Å². The minimum atomic E-state index is -0.218. The lowest BCUT2D eigenvalue weighted by Gasteiger charge is -2.22. The van der Waals surface area contributed by atoms with Gasteiger partial charge >= 0.3 is 0 Å². The van der Waals surface area contributed by atoms with Gasteiger partial charge in [0.2, 0.25) is 0 Å². The molecule has 4 heteroatoms. The molecule has 0 aliphatic carbocycles. The highest BCUT2D eigenvalue weighted by atomic mass is 16.3. The fourth-order valence-electron chi connectivity index (χ4n) is 1.61. The Hall–Kier alpha value is -0.630. The lowest BCUT2D eigenvalue weighted by Crippen LogP contribution is -2.41. The Kier molecular flexibility index (Phi) is 4.16. The minimum Gasteiger partial charge on any atom is -0.391 e. The van der Waals surface area contributed by atoms with Crippen LogP contribution in [0.15, 0.2) is 0 Å². The van der Waals surface area contributed by atoms with Crippen molar-refractivity contribution in [3.8, 4) is 6.07 Å². The monoisotopic (exact) mass is 183 g/mol. The van der Waals surface area contributed by atoms with Crippen LogP contribution in [0, 0.1) is 11.3 Å². The van der Waals surface area contributed by atoms with E-state index in [9.17, 15) is 5.11 Å². The molecule has 0 spiro atoms. The molecule has 1 aliphatic heterocycles. The zero-order chi connectivity index (χ0) is 9.68. The summed E-state index contributed by atoms with van der Waals surface area (Å²) in [6.07, 6.45) is 1.18. The molecule has 0 bridgehead atoms. The molecule has 0 saturated carbocycles. The Labute approximate surface area is 79.1 Å². The van der Waals surface area contributed by atoms with Gasteiger partial charge in [-0.2, -0.15) is 5.26 Å². The second-order valence-electron chi connectivity index (χ2n) is 3.59. The van der Waals surface area contributed by atoms with E-state index in [4.69, 9.17) is 5.26 Å². The molecule has 2 unspecified atom stereocenters. The summed E-state index contributed by atoms with van der Waals surface area (Å²) < 4.78 is 0. The third-order valence-corrected chi connectivity index (χ3v) is 2.42. The number of rotatable bonds is 4. The Morgan fingerprint density at radius 1 is 1.69 bits per heavy atom. The third kappa shape index (κ3) is 3.31. The maximum absolute atomic E-state index is 9.51. The van der Waals surface area contributed by atoms with Crippen molar-refractivity contribution in [3.05, 3.63) is 0 Å². The van der Waals surface area contributed by atoms with E-state index < -0.39 is 0 Å². The van der Waals surface area contributed by atoms with Gasteiger partial charge in [-0.1, -0.05) is 0 Å². The molecular weight excluding hydrogens is 166 g/mol. The van der Waals surface area contributed by atoms with Gasteiger partial charge in [0.1, 0.15) is 0 Å². The molecule has 0 aromatic rings. The highest BCUT2D eigenvalue weighted by molar-refractivity contribution is 4.85. The number of nitrogens with one attached hydrogen (secondary N) is 1. The molecule has 0 aromatic heterocycles. The van der Waals surface area contributed by atoms with Crippen LogP contribution < -0.4 is 5.32 Å². The Morgan fingerprint density at radius 2 is 2.46 bits per heavy atom. The van der Waals surface area contributed by atoms with Gasteiger partial charge in [0.15, 0.2) is 0 Å². The molecule has 1 heterocycles. The normalized spacial score (nSPS) is 27.8. The van der Waals surface area contributed by atoms with Crippen LogP contribution in [0.2, 0.25) is 0 Å². The third-order valence-electron chi connectivity index (χ3n) is 2.42. The van der Waals surface area contributed by atoms with E-state index in [1.54, 1.807) is 0 Å². The summed E-state index contributed by atoms with van der Waals surface area (Å²) in [5.74, 6) is 0. The van der Waals surface area contributed by atoms with Crippen molar-refractivity contribution in [2.75, 3.05) is 26.7 Å². The first-order valence-corrected chi connectivity index (χ1v) is 4.71. The van der Waals surface area contributed by atoms with Gasteiger partial charge in [0, 0.05) is 25.6 Å². The molecular formula is C9H17N3O. The van der Waals surface area contributed by atoms with Gasteiger partial charge in [0.05, 0.1) is 12.2 Å². The molecule has 0 amide bonds. The average molecular weight is 183 g/mol. The van der Waals surface area contributed by atoms with E-state index in [0.29, 0.717) is 6.42 Å². The fraction of sp³-hybridized carbons (Fsp3) is 0.889. The first-order chi connectivity index (χ1) is 6.24. The summed E-state index contributed by atoms with van der Waals surface area (Å²) in [4.78, 5) is 2.08. The second-order valence-corrected chi connectivity index (χ2v) is 3.59. The van der Waals surface area contributed by atoms with Gasteiger partial charge in [0.25, 0.3) is 0 Å². The van der Waals surface area contributed by atoms with E-state index in [-0.39, 0.29) is 12.1 Å². The molecule has 74 valence electrons. The van der Waals surface area contributed by atoms with Crippen molar-refractivity contribution >= 4 is 0 Å². The topological polar surface area (TPSA) is 59.3 Å². The maximum Gasteiger partial charge on any atom is 0.0717 e. The molecule has 4 nitrogen and oxygen atoms in total. The standard InChI is InChI=1S/C9H17N3O/c1-12(6-2-4-10)7-8-9(13)3-5-11-8/h8-9,11,13H,2-3,5-7H2,1H3. The van der Waals surface area contributed by atoms with Crippen LogP contribution in [-0.2, 0) is 0 Å². The zero-order valence-corrected chi connectivity index (χ0v) is 8.03. The minimum absolute atomic E-state index is 0.184. The van der Waals surface area contributed by atoms with Crippen LogP contribution in [0.4, 0.5) is 0 Å². The summed E-state index contributed by atoms with van der Waals surface area (Å²) >= 11 is 0. The number of likely N-dealkylation sites (N-methyl/N-ethyl adjacent to an activating group) is 1. The molecule has 1 aliphatic rings. The van der Waals surface area contributed by atoms with Gasteiger partial charge in [-0.15, -0.1) is 0 Å². The fourth-order valence-corrected chi connectivity index (χ4v) is 1.61. The van der Waals surface area contributed by atoms with E-state index >= 15 is 0 Å². The lowest BCUT2D eigenvalue weighted by molar-refractivity contribution is 0.138. The van der Waals surface area contributed by atoms with Crippen LogP contribution in [0.3, 0.4) is 0 Å². The van der Waals surface area contributed by atoms with Gasteiger partial charge in [-0.25, -0.2) is 0 Å². The van der Waals surface area contributed by atoms with Crippen LogP contribution in [0.1, 0.15) is 12.8 Å².